The molecule has 6 heteroatoms. The Morgan fingerprint density at radius 3 is 2.32 bits per heavy atom. The maximum Gasteiger partial charge on any atom is 0.229 e. The minimum Gasteiger partial charge on any atom is -0.339 e. The van der Waals surface area contributed by atoms with Gasteiger partial charge in [-0.05, 0) is 61.2 Å². The molecule has 142 valence electrons. The molecule has 0 bridgehead atoms. The number of hydrogen-bond donors (Lipinski definition) is 2. The summed E-state index contributed by atoms with van der Waals surface area (Å²) in [5.74, 6) is 0.602. The van der Waals surface area contributed by atoms with E-state index in [0.717, 1.165) is 30.6 Å². The average Bonchev–Trinajstić information content (AvgIpc) is 2.70. The maximum atomic E-state index is 13.2. The van der Waals surface area contributed by atoms with Crippen LogP contribution in [0.3, 0.4) is 0 Å². The van der Waals surface area contributed by atoms with E-state index in [0.29, 0.717) is 29.4 Å². The molecule has 28 heavy (non-hydrogen) atoms. The lowest BCUT2D eigenvalue weighted by atomic mass is 9.95. The SMILES string of the molecule is CCc1ccc(Nc2nc3c(c(Nc4ccc(F)cc4)n2)C(=O)CCC3)cc1. The first-order chi connectivity index (χ1) is 13.6. The molecule has 5 nitrogen and oxygen atoms in total. The number of nitrogens with one attached hydrogen (secondary N) is 2. The van der Waals surface area contributed by atoms with Crippen LogP contribution in [0.25, 0.3) is 0 Å². The largest absolute Gasteiger partial charge is 0.339 e. The molecule has 0 amide bonds. The number of Topliss-reactive ketones (excluding diaryl/α,β-unsaturated/α-hetero) is 1. The van der Waals surface area contributed by atoms with Crippen LogP contribution in [0.15, 0.2) is 48.5 Å². The number of nitrogens with zero attached hydrogens (tertiary/aromatic N) is 2. The van der Waals surface area contributed by atoms with Crippen molar-refractivity contribution in [3.05, 3.63) is 71.2 Å². The number of rotatable bonds is 5. The molecule has 0 atom stereocenters. The molecule has 0 fully saturated rings. The summed E-state index contributed by atoms with van der Waals surface area (Å²) in [5.41, 5.74) is 4.07. The highest BCUT2D eigenvalue weighted by Crippen LogP contribution is 2.29. The Hall–Kier alpha value is -3.28. The number of anilines is 4. The Morgan fingerprint density at radius 1 is 0.929 bits per heavy atom. The first-order valence-electron chi connectivity index (χ1n) is 9.45. The topological polar surface area (TPSA) is 66.9 Å². The van der Waals surface area contributed by atoms with E-state index in [9.17, 15) is 9.18 Å². The van der Waals surface area contributed by atoms with Crippen molar-refractivity contribution in [2.75, 3.05) is 10.6 Å². The third-order valence-corrected chi connectivity index (χ3v) is 4.81. The lowest BCUT2D eigenvalue weighted by Gasteiger charge is -2.19. The van der Waals surface area contributed by atoms with E-state index >= 15 is 0 Å². The van der Waals surface area contributed by atoms with Crippen molar-refractivity contribution in [3.8, 4) is 0 Å². The van der Waals surface area contributed by atoms with E-state index in [4.69, 9.17) is 0 Å². The highest BCUT2D eigenvalue weighted by Gasteiger charge is 2.24. The molecule has 1 aliphatic carbocycles. The van der Waals surface area contributed by atoms with E-state index in [-0.39, 0.29) is 11.6 Å². The maximum absolute atomic E-state index is 13.2. The molecule has 4 rings (SSSR count). The Labute approximate surface area is 163 Å². The summed E-state index contributed by atoms with van der Waals surface area (Å²) in [7, 11) is 0. The molecule has 0 spiro atoms. The average molecular weight is 376 g/mol. The van der Waals surface area contributed by atoms with Crippen molar-refractivity contribution in [1.29, 1.82) is 0 Å². The fraction of sp³-hybridized carbons (Fsp3) is 0.227. The lowest BCUT2D eigenvalue weighted by molar-refractivity contribution is 0.0972. The Balaban J connectivity index is 1.69. The molecule has 0 aliphatic heterocycles. The van der Waals surface area contributed by atoms with Crippen molar-refractivity contribution in [2.45, 2.75) is 32.6 Å². The van der Waals surface area contributed by atoms with Crippen LogP contribution in [0.1, 0.15) is 41.4 Å². The van der Waals surface area contributed by atoms with Crippen molar-refractivity contribution in [2.24, 2.45) is 0 Å². The third kappa shape index (κ3) is 3.86. The van der Waals surface area contributed by atoms with Gasteiger partial charge in [-0.3, -0.25) is 4.79 Å². The van der Waals surface area contributed by atoms with Gasteiger partial charge in [0.25, 0.3) is 0 Å². The fourth-order valence-electron chi connectivity index (χ4n) is 3.29. The lowest BCUT2D eigenvalue weighted by Crippen LogP contribution is -2.17. The molecule has 1 heterocycles. The first-order valence-corrected chi connectivity index (χ1v) is 9.45. The van der Waals surface area contributed by atoms with Crippen LogP contribution in [-0.4, -0.2) is 15.8 Å². The smallest absolute Gasteiger partial charge is 0.229 e. The quantitative estimate of drug-likeness (QED) is 0.642. The molecule has 0 unspecified atom stereocenters. The molecule has 0 radical (unpaired) electrons. The van der Waals surface area contributed by atoms with Crippen molar-refractivity contribution >= 4 is 28.9 Å². The summed E-state index contributed by atoms with van der Waals surface area (Å²) >= 11 is 0. The number of carbonyl (C=O) groups is 1. The van der Waals surface area contributed by atoms with Gasteiger partial charge in [-0.25, -0.2) is 9.37 Å². The van der Waals surface area contributed by atoms with Crippen LogP contribution in [-0.2, 0) is 12.8 Å². The van der Waals surface area contributed by atoms with Gasteiger partial charge in [0.2, 0.25) is 5.95 Å². The number of fused-ring (bicyclic) bond motifs is 1. The summed E-state index contributed by atoms with van der Waals surface area (Å²) in [6.45, 7) is 2.11. The van der Waals surface area contributed by atoms with Gasteiger partial charge in [-0.15, -0.1) is 0 Å². The zero-order chi connectivity index (χ0) is 19.5. The number of aromatic nitrogens is 2. The van der Waals surface area contributed by atoms with Gasteiger partial charge in [0.15, 0.2) is 5.78 Å². The highest BCUT2D eigenvalue weighted by atomic mass is 19.1. The van der Waals surface area contributed by atoms with Crippen molar-refractivity contribution in [1.82, 2.24) is 9.97 Å². The molecule has 0 saturated heterocycles. The molecule has 0 saturated carbocycles. The minimum atomic E-state index is -0.316. The van der Waals surface area contributed by atoms with Crippen molar-refractivity contribution < 1.29 is 9.18 Å². The molecule has 2 aromatic carbocycles. The number of benzene rings is 2. The van der Waals surface area contributed by atoms with Crippen LogP contribution in [0.4, 0.5) is 27.5 Å². The molecule has 1 aromatic heterocycles. The van der Waals surface area contributed by atoms with Crippen LogP contribution >= 0.6 is 0 Å². The summed E-state index contributed by atoms with van der Waals surface area (Å²) < 4.78 is 13.2. The predicted molar refractivity (Wildman–Crippen MR) is 108 cm³/mol. The number of ketones is 1. The molecular formula is C22H21FN4O. The second kappa shape index (κ2) is 7.76. The van der Waals surface area contributed by atoms with E-state index < -0.39 is 0 Å². The third-order valence-electron chi connectivity index (χ3n) is 4.81. The number of aryl methyl sites for hydroxylation is 2. The van der Waals surface area contributed by atoms with Gasteiger partial charge in [-0.2, -0.15) is 4.98 Å². The number of halogens is 1. The monoisotopic (exact) mass is 376 g/mol. The van der Waals surface area contributed by atoms with Crippen molar-refractivity contribution in [3.63, 3.8) is 0 Å². The molecule has 1 aliphatic rings. The van der Waals surface area contributed by atoms with Crippen LogP contribution in [0.2, 0.25) is 0 Å². The fourth-order valence-corrected chi connectivity index (χ4v) is 3.29. The van der Waals surface area contributed by atoms with Gasteiger partial charge in [0, 0.05) is 17.8 Å². The normalized spacial score (nSPS) is 13.1. The Bertz CT molecular complexity index is 1000. The van der Waals surface area contributed by atoms with E-state index in [2.05, 4.69) is 39.7 Å². The van der Waals surface area contributed by atoms with Gasteiger partial charge in [0.05, 0.1) is 11.3 Å². The molecule has 3 aromatic rings. The first kappa shape index (κ1) is 18.1. The van der Waals surface area contributed by atoms with Gasteiger partial charge < -0.3 is 10.6 Å². The zero-order valence-electron chi connectivity index (χ0n) is 15.6. The molecular weight excluding hydrogens is 355 g/mol. The number of hydrogen-bond acceptors (Lipinski definition) is 5. The van der Waals surface area contributed by atoms with E-state index in [1.807, 2.05) is 12.1 Å². The summed E-state index contributed by atoms with van der Waals surface area (Å²) in [6, 6.07) is 14.1. The van der Waals surface area contributed by atoms with Gasteiger partial charge in [-0.1, -0.05) is 19.1 Å². The summed E-state index contributed by atoms with van der Waals surface area (Å²) in [6.07, 6.45) is 2.97. The zero-order valence-corrected chi connectivity index (χ0v) is 15.6. The van der Waals surface area contributed by atoms with E-state index in [1.54, 1.807) is 12.1 Å². The summed E-state index contributed by atoms with van der Waals surface area (Å²) in [5, 5.41) is 6.38. The van der Waals surface area contributed by atoms with E-state index in [1.165, 1.54) is 17.7 Å². The van der Waals surface area contributed by atoms with Gasteiger partial charge >= 0.3 is 0 Å². The minimum absolute atomic E-state index is 0.0321. The highest BCUT2D eigenvalue weighted by molar-refractivity contribution is 6.03. The van der Waals surface area contributed by atoms with Crippen LogP contribution < -0.4 is 10.6 Å². The standard InChI is InChI=1S/C22H21FN4O/c1-2-14-6-10-17(11-7-14)25-22-26-18-4-3-5-19(28)20(18)21(27-22)24-16-12-8-15(23)9-13-16/h6-13H,2-5H2,1H3,(H2,24,25,26,27). The van der Waals surface area contributed by atoms with Crippen LogP contribution in [0, 0.1) is 5.82 Å². The Morgan fingerprint density at radius 2 is 1.61 bits per heavy atom. The Kier molecular flexibility index (Phi) is 5.02. The van der Waals surface area contributed by atoms with Gasteiger partial charge in [0.1, 0.15) is 11.6 Å². The predicted octanol–water partition coefficient (Wildman–Crippen LogP) is 5.18. The number of carbonyl (C=O) groups excluding carboxylic acids is 1. The second-order valence-electron chi connectivity index (χ2n) is 6.80. The second-order valence-corrected chi connectivity index (χ2v) is 6.80. The summed E-state index contributed by atoms with van der Waals surface area (Å²) in [4.78, 5) is 21.6. The molecule has 2 N–H and O–H groups in total. The van der Waals surface area contributed by atoms with Crippen LogP contribution in [0.5, 0.6) is 0 Å².